The maximum atomic E-state index is 4.54. The molecule has 10 nitrogen and oxygen atoms in total. The second-order valence-electron chi connectivity index (χ2n) is 10.8. The van der Waals surface area contributed by atoms with Crippen LogP contribution >= 0.6 is 0 Å². The second kappa shape index (κ2) is 18.4. The third-order valence-corrected chi connectivity index (χ3v) is 7.05. The first kappa shape index (κ1) is 36.7. The molecular formula is C40H46N10. The SMILES string of the molecule is CC.CC.Cc1nc(Nc2ccccc2)nc(Nc2ccc(/C=C/c3ccc(Nc4nc(C)nc(Nc5ccccc5)n4)cc3C)c(C)c2)n1. The van der Waals surface area contributed by atoms with E-state index in [2.05, 4.69) is 101 Å². The molecule has 2 heterocycles. The van der Waals surface area contributed by atoms with E-state index in [0.29, 0.717) is 35.4 Å². The molecule has 2 aromatic heterocycles. The molecular weight excluding hydrogens is 621 g/mol. The lowest BCUT2D eigenvalue weighted by molar-refractivity contribution is 0.988. The highest BCUT2D eigenvalue weighted by Gasteiger charge is 2.08. The van der Waals surface area contributed by atoms with Crippen molar-refractivity contribution in [2.24, 2.45) is 0 Å². The number of nitrogens with zero attached hydrogens (tertiary/aromatic N) is 6. The van der Waals surface area contributed by atoms with Crippen molar-refractivity contribution >= 4 is 58.7 Å². The van der Waals surface area contributed by atoms with Crippen LogP contribution in [0.4, 0.5) is 46.5 Å². The number of hydrogen-bond donors (Lipinski definition) is 4. The molecule has 0 aliphatic rings. The van der Waals surface area contributed by atoms with Gasteiger partial charge in [-0.3, -0.25) is 0 Å². The summed E-state index contributed by atoms with van der Waals surface area (Å²) in [5.41, 5.74) is 8.09. The molecule has 4 N–H and O–H groups in total. The molecule has 0 radical (unpaired) electrons. The predicted molar refractivity (Wildman–Crippen MR) is 209 cm³/mol. The van der Waals surface area contributed by atoms with Crippen LogP contribution in [0.15, 0.2) is 97.1 Å². The van der Waals surface area contributed by atoms with E-state index in [1.165, 1.54) is 0 Å². The molecule has 0 saturated heterocycles. The number of benzene rings is 4. The van der Waals surface area contributed by atoms with Gasteiger partial charge in [-0.2, -0.15) is 29.9 Å². The van der Waals surface area contributed by atoms with Crippen molar-refractivity contribution in [1.82, 2.24) is 29.9 Å². The zero-order valence-electron chi connectivity index (χ0n) is 30.1. The van der Waals surface area contributed by atoms with Gasteiger partial charge in [0, 0.05) is 22.7 Å². The van der Waals surface area contributed by atoms with Gasteiger partial charge in [0.25, 0.3) is 0 Å². The zero-order chi connectivity index (χ0) is 35.9. The Labute approximate surface area is 295 Å². The molecule has 0 aliphatic heterocycles. The maximum Gasteiger partial charge on any atom is 0.232 e. The third kappa shape index (κ3) is 10.7. The van der Waals surface area contributed by atoms with Crippen LogP contribution in [0.25, 0.3) is 12.2 Å². The van der Waals surface area contributed by atoms with Gasteiger partial charge in [0.1, 0.15) is 11.6 Å². The van der Waals surface area contributed by atoms with Gasteiger partial charge in [-0.15, -0.1) is 0 Å². The molecule has 0 fully saturated rings. The minimum absolute atomic E-state index is 0.481. The molecule has 0 spiro atoms. The van der Waals surface area contributed by atoms with E-state index in [9.17, 15) is 0 Å². The molecule has 0 amide bonds. The van der Waals surface area contributed by atoms with E-state index >= 15 is 0 Å². The fraction of sp³-hybridized carbons (Fsp3) is 0.200. The minimum atomic E-state index is 0.481. The first-order valence-corrected chi connectivity index (χ1v) is 16.9. The predicted octanol–water partition coefficient (Wildman–Crippen LogP) is 10.5. The standard InChI is InChI=1S/C36H34N10.2C2H6/c1-23-21-31(43-35-39-25(3)37-33(45-35)41-29-11-7-5-8-12-29)19-17-27(23)15-16-28-18-20-32(22-24(28)2)44-36-40-26(4)38-34(46-36)42-30-13-9-6-10-14-30;2*1-2/h5-22H,1-4H3,(H2,37,39,41,43,45)(H2,38,40,42,44,46);2*1-2H3/b16-15+;;. The normalized spacial score (nSPS) is 10.3. The number of aromatic nitrogens is 6. The highest BCUT2D eigenvalue weighted by molar-refractivity contribution is 5.75. The van der Waals surface area contributed by atoms with Gasteiger partial charge in [-0.05, 0) is 98.5 Å². The van der Waals surface area contributed by atoms with Crippen LogP contribution in [0.5, 0.6) is 0 Å². The summed E-state index contributed by atoms with van der Waals surface area (Å²) in [6.45, 7) is 15.9. The van der Waals surface area contributed by atoms with Crippen LogP contribution in [0.1, 0.15) is 61.6 Å². The van der Waals surface area contributed by atoms with Gasteiger partial charge in [0.05, 0.1) is 0 Å². The highest BCUT2D eigenvalue weighted by atomic mass is 15.2. The van der Waals surface area contributed by atoms with E-state index in [1.54, 1.807) is 0 Å². The van der Waals surface area contributed by atoms with Crippen LogP contribution in [0.3, 0.4) is 0 Å². The summed E-state index contributed by atoms with van der Waals surface area (Å²) in [5.74, 6) is 3.18. The molecule has 256 valence electrons. The van der Waals surface area contributed by atoms with Crippen LogP contribution < -0.4 is 21.3 Å². The number of para-hydroxylation sites is 2. The van der Waals surface area contributed by atoms with Crippen LogP contribution in [-0.4, -0.2) is 29.9 Å². The van der Waals surface area contributed by atoms with E-state index < -0.39 is 0 Å². The van der Waals surface area contributed by atoms with Crippen molar-refractivity contribution in [3.8, 4) is 0 Å². The largest absolute Gasteiger partial charge is 0.324 e. The van der Waals surface area contributed by atoms with Gasteiger partial charge in [0.15, 0.2) is 0 Å². The Hall–Kier alpha value is -6.16. The number of rotatable bonds is 10. The molecule has 0 bridgehead atoms. The van der Waals surface area contributed by atoms with Crippen LogP contribution in [0, 0.1) is 27.7 Å². The average Bonchev–Trinajstić information content (AvgIpc) is 3.11. The summed E-state index contributed by atoms with van der Waals surface area (Å²) in [5, 5.41) is 13.1. The van der Waals surface area contributed by atoms with E-state index in [1.807, 2.05) is 114 Å². The Morgan fingerprint density at radius 1 is 0.380 bits per heavy atom. The molecule has 6 rings (SSSR count). The van der Waals surface area contributed by atoms with Crippen molar-refractivity contribution in [3.05, 3.63) is 131 Å². The summed E-state index contributed by atoms with van der Waals surface area (Å²) in [6.07, 6.45) is 4.25. The Morgan fingerprint density at radius 2 is 0.700 bits per heavy atom. The third-order valence-electron chi connectivity index (χ3n) is 7.05. The Kier molecular flexibility index (Phi) is 13.5. The van der Waals surface area contributed by atoms with Gasteiger partial charge >= 0.3 is 0 Å². The number of anilines is 8. The molecule has 6 aromatic rings. The molecule has 0 unspecified atom stereocenters. The first-order chi connectivity index (χ1) is 24.4. The maximum absolute atomic E-state index is 4.54. The summed E-state index contributed by atoms with van der Waals surface area (Å²) in [7, 11) is 0. The summed E-state index contributed by atoms with van der Waals surface area (Å²) < 4.78 is 0. The van der Waals surface area contributed by atoms with E-state index in [0.717, 1.165) is 45.0 Å². The van der Waals surface area contributed by atoms with E-state index in [-0.39, 0.29) is 0 Å². The number of aryl methyl sites for hydroxylation is 4. The summed E-state index contributed by atoms with van der Waals surface area (Å²) >= 11 is 0. The van der Waals surface area contributed by atoms with Crippen LogP contribution in [0.2, 0.25) is 0 Å². The van der Waals surface area contributed by atoms with Crippen LogP contribution in [-0.2, 0) is 0 Å². The zero-order valence-corrected chi connectivity index (χ0v) is 30.1. The van der Waals surface area contributed by atoms with Crippen molar-refractivity contribution in [1.29, 1.82) is 0 Å². The quantitative estimate of drug-likeness (QED) is 0.105. The average molecular weight is 667 g/mol. The molecule has 4 aromatic carbocycles. The summed E-state index contributed by atoms with van der Waals surface area (Å²) in [4.78, 5) is 26.8. The van der Waals surface area contributed by atoms with Gasteiger partial charge in [-0.1, -0.05) is 88.4 Å². The topological polar surface area (TPSA) is 125 Å². The lowest BCUT2D eigenvalue weighted by Gasteiger charge is -2.11. The van der Waals surface area contributed by atoms with Gasteiger partial charge in [-0.25, -0.2) is 0 Å². The minimum Gasteiger partial charge on any atom is -0.324 e. The fourth-order valence-corrected chi connectivity index (χ4v) is 4.81. The second-order valence-corrected chi connectivity index (χ2v) is 10.8. The van der Waals surface area contributed by atoms with Crippen molar-refractivity contribution < 1.29 is 0 Å². The van der Waals surface area contributed by atoms with Crippen molar-refractivity contribution in [3.63, 3.8) is 0 Å². The summed E-state index contributed by atoms with van der Waals surface area (Å²) in [6, 6.07) is 32.0. The molecule has 50 heavy (non-hydrogen) atoms. The number of nitrogens with one attached hydrogen (secondary N) is 4. The van der Waals surface area contributed by atoms with Gasteiger partial charge < -0.3 is 21.3 Å². The Balaban J connectivity index is 0.00000136. The first-order valence-electron chi connectivity index (χ1n) is 16.9. The van der Waals surface area contributed by atoms with Crippen molar-refractivity contribution in [2.45, 2.75) is 55.4 Å². The molecule has 0 aliphatic carbocycles. The monoisotopic (exact) mass is 666 g/mol. The molecule has 0 atom stereocenters. The van der Waals surface area contributed by atoms with Gasteiger partial charge in [0.2, 0.25) is 23.8 Å². The van der Waals surface area contributed by atoms with E-state index in [4.69, 9.17) is 0 Å². The number of hydrogen-bond acceptors (Lipinski definition) is 10. The lowest BCUT2D eigenvalue weighted by atomic mass is 10.0. The fourth-order valence-electron chi connectivity index (χ4n) is 4.81. The highest BCUT2D eigenvalue weighted by Crippen LogP contribution is 2.24. The molecule has 0 saturated carbocycles. The Bertz CT molecular complexity index is 1850. The lowest BCUT2D eigenvalue weighted by Crippen LogP contribution is -2.05. The van der Waals surface area contributed by atoms with Crippen molar-refractivity contribution in [2.75, 3.05) is 21.3 Å². The smallest absolute Gasteiger partial charge is 0.232 e. The molecule has 10 heteroatoms. The Morgan fingerprint density at radius 3 is 1.02 bits per heavy atom.